The summed E-state index contributed by atoms with van der Waals surface area (Å²) in [5.41, 5.74) is 4.44. The SMILES string of the molecule is C=C(/C=C\C(C)=N/C)C(C)Nc1ncnc2c(OC3CCOCC3)cc(-c3ncc(C)cn3)cc12. The Kier molecular flexibility index (Phi) is 7.82. The molecule has 3 heterocycles. The van der Waals surface area contributed by atoms with Gasteiger partial charge in [-0.15, -0.1) is 0 Å². The van der Waals surface area contributed by atoms with Crippen molar-refractivity contribution in [3.8, 4) is 17.1 Å². The number of hydrogen-bond donors (Lipinski definition) is 1. The Morgan fingerprint density at radius 3 is 2.63 bits per heavy atom. The first-order valence-electron chi connectivity index (χ1n) is 11.8. The minimum Gasteiger partial charge on any atom is -0.488 e. The molecule has 8 nitrogen and oxygen atoms in total. The number of fused-ring (bicyclic) bond motifs is 1. The summed E-state index contributed by atoms with van der Waals surface area (Å²) in [5.74, 6) is 2.02. The summed E-state index contributed by atoms with van der Waals surface area (Å²) in [7, 11) is 1.77. The van der Waals surface area contributed by atoms with Crippen molar-refractivity contribution in [3.05, 3.63) is 60.7 Å². The van der Waals surface area contributed by atoms with Gasteiger partial charge in [0.05, 0.1) is 13.2 Å². The predicted molar refractivity (Wildman–Crippen MR) is 140 cm³/mol. The third kappa shape index (κ3) is 6.08. The molecule has 0 aliphatic carbocycles. The van der Waals surface area contributed by atoms with Crippen LogP contribution in [0.4, 0.5) is 5.82 Å². The number of nitrogens with one attached hydrogen (secondary N) is 1. The minimum atomic E-state index is -0.0619. The molecule has 1 fully saturated rings. The van der Waals surface area contributed by atoms with Crippen molar-refractivity contribution in [2.24, 2.45) is 4.99 Å². The van der Waals surface area contributed by atoms with Gasteiger partial charge in [-0.1, -0.05) is 12.7 Å². The number of nitrogens with zero attached hydrogens (tertiary/aromatic N) is 5. The van der Waals surface area contributed by atoms with Crippen LogP contribution in [-0.2, 0) is 4.74 Å². The maximum Gasteiger partial charge on any atom is 0.159 e. The van der Waals surface area contributed by atoms with E-state index in [9.17, 15) is 0 Å². The number of hydrogen-bond acceptors (Lipinski definition) is 8. The highest BCUT2D eigenvalue weighted by atomic mass is 16.5. The number of allylic oxidation sites excluding steroid dienone is 1. The summed E-state index contributed by atoms with van der Waals surface area (Å²) in [6.45, 7) is 11.6. The third-order valence-corrected chi connectivity index (χ3v) is 6.01. The number of rotatable bonds is 8. The maximum absolute atomic E-state index is 6.44. The highest BCUT2D eigenvalue weighted by Gasteiger charge is 2.20. The van der Waals surface area contributed by atoms with E-state index >= 15 is 0 Å². The van der Waals surface area contributed by atoms with Gasteiger partial charge in [0.2, 0.25) is 0 Å². The molecule has 0 amide bonds. The predicted octanol–water partition coefficient (Wildman–Crippen LogP) is 4.96. The van der Waals surface area contributed by atoms with Gasteiger partial charge in [-0.3, -0.25) is 4.99 Å². The molecular weight excluding hydrogens is 440 g/mol. The molecule has 1 atom stereocenters. The first-order chi connectivity index (χ1) is 16.9. The average molecular weight is 473 g/mol. The van der Waals surface area contributed by atoms with Gasteiger partial charge in [0.1, 0.15) is 29.5 Å². The zero-order valence-electron chi connectivity index (χ0n) is 20.8. The van der Waals surface area contributed by atoms with Gasteiger partial charge in [0.15, 0.2) is 5.82 Å². The van der Waals surface area contributed by atoms with Crippen molar-refractivity contribution in [2.45, 2.75) is 45.8 Å². The number of aryl methyl sites for hydroxylation is 1. The van der Waals surface area contributed by atoms with Crippen molar-refractivity contribution in [2.75, 3.05) is 25.6 Å². The van der Waals surface area contributed by atoms with Crippen LogP contribution in [0.15, 0.2) is 60.2 Å². The molecule has 2 aromatic heterocycles. The van der Waals surface area contributed by atoms with E-state index < -0.39 is 0 Å². The number of ether oxygens (including phenoxy) is 2. The van der Waals surface area contributed by atoms with Crippen LogP contribution in [0.1, 0.15) is 32.3 Å². The number of benzene rings is 1. The summed E-state index contributed by atoms with van der Waals surface area (Å²) in [6, 6.07) is 3.92. The second-order valence-electron chi connectivity index (χ2n) is 8.75. The van der Waals surface area contributed by atoms with Crippen LogP contribution >= 0.6 is 0 Å². The molecule has 1 N–H and O–H groups in total. The van der Waals surface area contributed by atoms with E-state index in [-0.39, 0.29) is 12.1 Å². The lowest BCUT2D eigenvalue weighted by molar-refractivity contribution is 0.0261. The summed E-state index contributed by atoms with van der Waals surface area (Å²) in [4.78, 5) is 22.3. The van der Waals surface area contributed by atoms with Gasteiger partial charge in [-0.2, -0.15) is 0 Å². The Morgan fingerprint density at radius 2 is 1.91 bits per heavy atom. The highest BCUT2D eigenvalue weighted by Crippen LogP contribution is 2.34. The summed E-state index contributed by atoms with van der Waals surface area (Å²) < 4.78 is 11.9. The molecule has 8 heteroatoms. The van der Waals surface area contributed by atoms with Crippen LogP contribution in [-0.4, -0.2) is 58.1 Å². The Bertz CT molecular complexity index is 1250. The van der Waals surface area contributed by atoms with E-state index in [1.54, 1.807) is 13.4 Å². The normalized spacial score (nSPS) is 15.9. The number of aliphatic imine (C=N–C) groups is 1. The van der Waals surface area contributed by atoms with Gasteiger partial charge < -0.3 is 14.8 Å². The Labute approximate surface area is 206 Å². The van der Waals surface area contributed by atoms with Gasteiger partial charge in [0, 0.05) is 55.0 Å². The van der Waals surface area contributed by atoms with Gasteiger partial charge in [-0.05, 0) is 50.1 Å². The smallest absolute Gasteiger partial charge is 0.159 e. The molecule has 1 aromatic carbocycles. The fourth-order valence-electron chi connectivity index (χ4n) is 3.73. The van der Waals surface area contributed by atoms with Crippen LogP contribution in [0.25, 0.3) is 22.3 Å². The number of aromatic nitrogens is 4. The van der Waals surface area contributed by atoms with E-state index in [0.29, 0.717) is 30.6 Å². The second-order valence-corrected chi connectivity index (χ2v) is 8.75. The highest BCUT2D eigenvalue weighted by molar-refractivity contribution is 5.96. The lowest BCUT2D eigenvalue weighted by Gasteiger charge is -2.24. The molecule has 0 spiro atoms. The van der Waals surface area contributed by atoms with Crippen LogP contribution in [0, 0.1) is 6.92 Å². The Balaban J connectivity index is 1.73. The maximum atomic E-state index is 6.44. The lowest BCUT2D eigenvalue weighted by Crippen LogP contribution is -2.26. The van der Waals surface area contributed by atoms with E-state index in [2.05, 4.69) is 36.8 Å². The topological polar surface area (TPSA) is 94.4 Å². The van der Waals surface area contributed by atoms with Gasteiger partial charge >= 0.3 is 0 Å². The zero-order chi connectivity index (χ0) is 24.8. The molecule has 35 heavy (non-hydrogen) atoms. The molecule has 0 radical (unpaired) electrons. The summed E-state index contributed by atoms with van der Waals surface area (Å²) >= 11 is 0. The molecule has 1 aliphatic rings. The van der Waals surface area contributed by atoms with Crippen molar-refractivity contribution in [3.63, 3.8) is 0 Å². The van der Waals surface area contributed by atoms with Crippen molar-refractivity contribution >= 4 is 22.4 Å². The molecule has 3 aromatic rings. The number of anilines is 1. The van der Waals surface area contributed by atoms with E-state index in [1.807, 2.05) is 57.4 Å². The molecule has 0 bridgehead atoms. The Hall–Kier alpha value is -3.65. The van der Waals surface area contributed by atoms with Crippen LogP contribution in [0.3, 0.4) is 0 Å². The molecule has 1 unspecified atom stereocenters. The average Bonchev–Trinajstić information content (AvgIpc) is 2.88. The first-order valence-corrected chi connectivity index (χ1v) is 11.8. The second kappa shape index (κ2) is 11.2. The Morgan fingerprint density at radius 1 is 1.17 bits per heavy atom. The first kappa shape index (κ1) is 24.5. The molecule has 0 saturated carbocycles. The monoisotopic (exact) mass is 472 g/mol. The van der Waals surface area contributed by atoms with Crippen LogP contribution in [0.2, 0.25) is 0 Å². The van der Waals surface area contributed by atoms with E-state index in [4.69, 9.17) is 9.47 Å². The van der Waals surface area contributed by atoms with Gasteiger partial charge in [-0.25, -0.2) is 19.9 Å². The molecule has 1 aliphatic heterocycles. The standard InChI is InChI=1S/C27H32N6O2/c1-17-14-29-26(30-15-17)21-12-23-25(24(13-21)35-22-8-10-34-11-9-22)31-16-32-27(23)33-20(4)18(2)6-7-19(3)28-5/h6-7,12-16,20,22H,2,8-11H2,1,3-5H3,(H,31,32,33)/b7-6-,28-19-. The molecule has 1 saturated heterocycles. The van der Waals surface area contributed by atoms with Crippen molar-refractivity contribution in [1.29, 1.82) is 0 Å². The molecule has 4 rings (SSSR count). The minimum absolute atomic E-state index is 0.0619. The van der Waals surface area contributed by atoms with E-state index in [0.717, 1.165) is 46.2 Å². The fourth-order valence-corrected chi connectivity index (χ4v) is 3.73. The third-order valence-electron chi connectivity index (χ3n) is 6.01. The fraction of sp³-hybridized carbons (Fsp3) is 0.370. The zero-order valence-corrected chi connectivity index (χ0v) is 20.8. The van der Waals surface area contributed by atoms with Crippen molar-refractivity contribution in [1.82, 2.24) is 19.9 Å². The lowest BCUT2D eigenvalue weighted by atomic mass is 10.1. The van der Waals surface area contributed by atoms with Crippen LogP contribution < -0.4 is 10.1 Å². The van der Waals surface area contributed by atoms with Crippen LogP contribution in [0.5, 0.6) is 5.75 Å². The largest absolute Gasteiger partial charge is 0.488 e. The summed E-state index contributed by atoms with van der Waals surface area (Å²) in [6.07, 6.45) is 10.8. The quantitative estimate of drug-likeness (QED) is 0.366. The van der Waals surface area contributed by atoms with Gasteiger partial charge in [0.25, 0.3) is 0 Å². The van der Waals surface area contributed by atoms with Crippen molar-refractivity contribution < 1.29 is 9.47 Å². The van der Waals surface area contributed by atoms with E-state index in [1.165, 1.54) is 0 Å². The molecule has 182 valence electrons. The molecular formula is C27H32N6O2. The summed E-state index contributed by atoms with van der Waals surface area (Å²) in [5, 5.41) is 4.33.